The molecule has 0 radical (unpaired) electrons. The van der Waals surface area contributed by atoms with Gasteiger partial charge in [0.15, 0.2) is 9.84 Å². The quantitative estimate of drug-likeness (QED) is 0.835. The summed E-state index contributed by atoms with van der Waals surface area (Å²) in [5, 5.41) is 2.86. The molecule has 0 bridgehead atoms. The Hall–Kier alpha value is -1.40. The van der Waals surface area contributed by atoms with Gasteiger partial charge in [0, 0.05) is 6.26 Å². The van der Waals surface area contributed by atoms with Gasteiger partial charge in [-0.25, -0.2) is 8.42 Å². The van der Waals surface area contributed by atoms with Gasteiger partial charge < -0.3 is 11.1 Å². The smallest absolute Gasteiger partial charge is 0.237 e. The van der Waals surface area contributed by atoms with Crippen molar-refractivity contribution in [3.8, 4) is 0 Å². The zero-order valence-corrected chi connectivity index (χ0v) is 13.8. The van der Waals surface area contributed by atoms with Crippen LogP contribution in [0, 0.1) is 5.92 Å². The van der Waals surface area contributed by atoms with Gasteiger partial charge >= 0.3 is 0 Å². The first-order chi connectivity index (χ1) is 9.66. The lowest BCUT2D eigenvalue weighted by Gasteiger charge is -2.21. The first kappa shape index (κ1) is 17.7. The van der Waals surface area contributed by atoms with Crippen molar-refractivity contribution in [1.82, 2.24) is 5.32 Å². The second kappa shape index (κ2) is 7.04. The lowest BCUT2D eigenvalue weighted by Crippen LogP contribution is -2.45. The number of nitrogens with two attached hydrogens (primary N) is 1. The molecule has 0 spiro atoms. The van der Waals surface area contributed by atoms with Crippen molar-refractivity contribution in [3.05, 3.63) is 29.8 Å². The van der Waals surface area contributed by atoms with Crippen molar-refractivity contribution in [2.24, 2.45) is 11.7 Å². The van der Waals surface area contributed by atoms with Gasteiger partial charge in [0.05, 0.1) is 17.0 Å². The second-order valence-corrected chi connectivity index (χ2v) is 7.50. The van der Waals surface area contributed by atoms with Crippen LogP contribution in [0.2, 0.25) is 0 Å². The first-order valence-corrected chi connectivity index (χ1v) is 8.92. The van der Waals surface area contributed by atoms with E-state index < -0.39 is 15.9 Å². The Bertz CT molecular complexity index is 581. The van der Waals surface area contributed by atoms with E-state index >= 15 is 0 Å². The van der Waals surface area contributed by atoms with Gasteiger partial charge in [-0.2, -0.15) is 0 Å². The topological polar surface area (TPSA) is 89.3 Å². The van der Waals surface area contributed by atoms with Crippen molar-refractivity contribution in [2.45, 2.75) is 44.2 Å². The fourth-order valence-corrected chi connectivity index (χ4v) is 2.54. The maximum Gasteiger partial charge on any atom is 0.237 e. The van der Waals surface area contributed by atoms with E-state index in [4.69, 9.17) is 5.73 Å². The molecule has 2 unspecified atom stereocenters. The average molecular weight is 312 g/mol. The van der Waals surface area contributed by atoms with E-state index in [9.17, 15) is 13.2 Å². The summed E-state index contributed by atoms with van der Waals surface area (Å²) in [7, 11) is -3.20. The predicted octanol–water partition coefficient (Wildman–Crippen LogP) is 1.64. The van der Waals surface area contributed by atoms with Crippen LogP contribution in [0.25, 0.3) is 0 Å². The summed E-state index contributed by atoms with van der Waals surface area (Å²) >= 11 is 0. The van der Waals surface area contributed by atoms with Crippen LogP contribution in [0.15, 0.2) is 29.2 Å². The molecule has 1 aromatic rings. The van der Waals surface area contributed by atoms with Crippen molar-refractivity contribution in [3.63, 3.8) is 0 Å². The number of carbonyl (C=O) groups excluding carboxylic acids is 1. The number of carbonyl (C=O) groups is 1. The number of sulfone groups is 1. The van der Waals surface area contributed by atoms with Crippen LogP contribution in [0.3, 0.4) is 0 Å². The molecule has 5 nitrogen and oxygen atoms in total. The van der Waals surface area contributed by atoms with Crippen LogP contribution in [0.5, 0.6) is 0 Å². The normalized spacial score (nSPS) is 16.0. The Morgan fingerprint density at radius 3 is 2.19 bits per heavy atom. The summed E-state index contributed by atoms with van der Waals surface area (Å²) in [5.41, 5.74) is 6.73. The third-order valence-corrected chi connectivity index (χ3v) is 4.86. The Morgan fingerprint density at radius 1 is 1.24 bits per heavy atom. The molecule has 6 heteroatoms. The molecule has 1 amide bonds. The molecule has 3 atom stereocenters. The number of nitrogens with one attached hydrogen (secondary N) is 1. The summed E-state index contributed by atoms with van der Waals surface area (Å²) in [6.45, 7) is 5.78. The molecule has 0 saturated carbocycles. The highest BCUT2D eigenvalue weighted by molar-refractivity contribution is 7.90. The molecular formula is C15H24N2O3S. The van der Waals surface area contributed by atoms with E-state index in [0.29, 0.717) is 0 Å². The monoisotopic (exact) mass is 312 g/mol. The lowest BCUT2D eigenvalue weighted by atomic mass is 9.98. The minimum absolute atomic E-state index is 0.116. The van der Waals surface area contributed by atoms with E-state index in [0.717, 1.165) is 12.0 Å². The number of amides is 1. The Kier molecular flexibility index (Phi) is 5.92. The summed E-state index contributed by atoms with van der Waals surface area (Å²) in [5.74, 6) is -0.0751. The molecule has 118 valence electrons. The second-order valence-electron chi connectivity index (χ2n) is 5.48. The maximum absolute atomic E-state index is 12.0. The molecule has 1 rings (SSSR count). The number of hydrogen-bond acceptors (Lipinski definition) is 4. The fraction of sp³-hybridized carbons (Fsp3) is 0.533. The van der Waals surface area contributed by atoms with Gasteiger partial charge in [-0.05, 0) is 30.5 Å². The van der Waals surface area contributed by atoms with E-state index in [-0.39, 0.29) is 22.8 Å². The SMILES string of the molecule is CCC(C)[C@H](N)C(=O)NC(C)c1ccc(S(C)(=O)=O)cc1. The van der Waals surface area contributed by atoms with Gasteiger partial charge in [-0.1, -0.05) is 32.4 Å². The van der Waals surface area contributed by atoms with Crippen LogP contribution in [0.4, 0.5) is 0 Å². The van der Waals surface area contributed by atoms with Crippen LogP contribution in [-0.2, 0) is 14.6 Å². The third kappa shape index (κ3) is 4.82. The lowest BCUT2D eigenvalue weighted by molar-refractivity contribution is -0.124. The van der Waals surface area contributed by atoms with Crippen LogP contribution in [-0.4, -0.2) is 26.6 Å². The molecule has 0 aliphatic carbocycles. The van der Waals surface area contributed by atoms with E-state index in [1.54, 1.807) is 24.3 Å². The van der Waals surface area contributed by atoms with Gasteiger partial charge in [0.2, 0.25) is 5.91 Å². The first-order valence-electron chi connectivity index (χ1n) is 7.02. The summed E-state index contributed by atoms with van der Waals surface area (Å²) in [4.78, 5) is 12.3. The van der Waals surface area contributed by atoms with Crippen molar-refractivity contribution in [2.75, 3.05) is 6.26 Å². The Morgan fingerprint density at radius 2 is 1.76 bits per heavy atom. The van der Waals surface area contributed by atoms with Gasteiger partial charge in [0.1, 0.15) is 0 Å². The largest absolute Gasteiger partial charge is 0.348 e. The predicted molar refractivity (Wildman–Crippen MR) is 83.5 cm³/mol. The van der Waals surface area contributed by atoms with Crippen molar-refractivity contribution < 1.29 is 13.2 Å². The van der Waals surface area contributed by atoms with Crippen LogP contribution in [0.1, 0.15) is 38.8 Å². The molecule has 1 aromatic carbocycles. The Balaban J connectivity index is 2.76. The van der Waals surface area contributed by atoms with Gasteiger partial charge in [-0.3, -0.25) is 4.79 Å². The van der Waals surface area contributed by atoms with E-state index in [1.807, 2.05) is 20.8 Å². The molecule has 0 aliphatic rings. The fourth-order valence-electron chi connectivity index (χ4n) is 1.91. The summed E-state index contributed by atoms with van der Waals surface area (Å²) in [6.07, 6.45) is 2.00. The zero-order valence-electron chi connectivity index (χ0n) is 13.0. The highest BCUT2D eigenvalue weighted by Crippen LogP contribution is 2.17. The molecule has 0 heterocycles. The van der Waals surface area contributed by atoms with Gasteiger partial charge in [-0.15, -0.1) is 0 Å². The highest BCUT2D eigenvalue weighted by atomic mass is 32.2. The molecule has 21 heavy (non-hydrogen) atoms. The molecule has 0 aromatic heterocycles. The average Bonchev–Trinajstić information content (AvgIpc) is 2.44. The van der Waals surface area contributed by atoms with E-state index in [1.165, 1.54) is 6.26 Å². The third-order valence-electron chi connectivity index (χ3n) is 3.73. The molecule has 0 saturated heterocycles. The molecule has 0 fully saturated rings. The number of benzene rings is 1. The maximum atomic E-state index is 12.0. The zero-order chi connectivity index (χ0) is 16.2. The highest BCUT2D eigenvalue weighted by Gasteiger charge is 2.21. The van der Waals surface area contributed by atoms with Gasteiger partial charge in [0.25, 0.3) is 0 Å². The minimum atomic E-state index is -3.20. The summed E-state index contributed by atoms with van der Waals surface area (Å²) in [6, 6.07) is 5.74. The molecule has 0 aliphatic heterocycles. The summed E-state index contributed by atoms with van der Waals surface area (Å²) < 4.78 is 22.8. The number of rotatable bonds is 6. The molecular weight excluding hydrogens is 288 g/mol. The minimum Gasteiger partial charge on any atom is -0.348 e. The van der Waals surface area contributed by atoms with Crippen molar-refractivity contribution >= 4 is 15.7 Å². The molecule has 3 N–H and O–H groups in total. The number of hydrogen-bond donors (Lipinski definition) is 2. The van der Waals surface area contributed by atoms with Crippen LogP contribution < -0.4 is 11.1 Å². The standard InChI is InChI=1S/C15H24N2O3S/c1-5-10(2)14(16)15(18)17-11(3)12-6-8-13(9-7-12)21(4,19)20/h6-11,14H,5,16H2,1-4H3,(H,17,18)/t10?,11?,14-/m0/s1. The van der Waals surface area contributed by atoms with Crippen LogP contribution >= 0.6 is 0 Å². The van der Waals surface area contributed by atoms with Crippen molar-refractivity contribution in [1.29, 1.82) is 0 Å². The Labute approximate surface area is 126 Å². The van der Waals surface area contributed by atoms with E-state index in [2.05, 4.69) is 5.32 Å².